The molecule has 0 aliphatic carbocycles. The highest BCUT2D eigenvalue weighted by Gasteiger charge is 2.02. The van der Waals surface area contributed by atoms with Crippen LogP contribution < -0.4 is 10.6 Å². The Balaban J connectivity index is 2.36. The van der Waals surface area contributed by atoms with Crippen molar-refractivity contribution in [2.24, 2.45) is 0 Å². The monoisotopic (exact) mass is 265 g/mol. The van der Waals surface area contributed by atoms with Crippen molar-refractivity contribution in [1.82, 2.24) is 10.6 Å². The molecule has 1 rings (SSSR count). The molecule has 0 bridgehead atoms. The first-order valence-corrected chi connectivity index (χ1v) is 6.21. The molecule has 0 radical (unpaired) electrons. The van der Waals surface area contributed by atoms with Gasteiger partial charge in [-0.1, -0.05) is 17.7 Å². The lowest BCUT2D eigenvalue weighted by Crippen LogP contribution is -2.27. The highest BCUT2D eigenvalue weighted by Crippen LogP contribution is 2.17. The molecule has 96 valence electrons. The Morgan fingerprint density at radius 1 is 1.50 bits per heavy atom. The average molecular weight is 266 g/mol. The van der Waals surface area contributed by atoms with Crippen molar-refractivity contribution in [3.8, 4) is 6.07 Å². The molecule has 0 spiro atoms. The lowest BCUT2D eigenvalue weighted by atomic mass is 10.1. The van der Waals surface area contributed by atoms with Gasteiger partial charge in [0.2, 0.25) is 5.91 Å². The van der Waals surface area contributed by atoms with Crippen molar-refractivity contribution in [2.75, 3.05) is 13.1 Å². The van der Waals surface area contributed by atoms with E-state index in [2.05, 4.69) is 10.6 Å². The van der Waals surface area contributed by atoms with Crippen LogP contribution in [0.25, 0.3) is 0 Å². The Kier molecular flexibility index (Phi) is 6.20. The number of nitrogens with one attached hydrogen (secondary N) is 2. The standard InChI is InChI=1S/C13H16ClN3O/c1-2-17-13(18)5-6-16-9-11-4-3-10(8-15)7-12(11)14/h3-4,7,16H,2,5-6,9H2,1H3,(H,17,18). The van der Waals surface area contributed by atoms with Crippen LogP contribution in [0.15, 0.2) is 18.2 Å². The fraction of sp³-hybridized carbons (Fsp3) is 0.385. The number of nitrogens with zero attached hydrogens (tertiary/aromatic N) is 1. The van der Waals surface area contributed by atoms with Gasteiger partial charge in [-0.05, 0) is 24.6 Å². The molecule has 1 aromatic rings. The van der Waals surface area contributed by atoms with E-state index in [9.17, 15) is 4.79 Å². The highest BCUT2D eigenvalue weighted by atomic mass is 35.5. The van der Waals surface area contributed by atoms with E-state index in [-0.39, 0.29) is 5.91 Å². The minimum Gasteiger partial charge on any atom is -0.356 e. The molecule has 1 amide bonds. The van der Waals surface area contributed by atoms with Crippen LogP contribution in [0, 0.1) is 11.3 Å². The maximum absolute atomic E-state index is 11.2. The maximum Gasteiger partial charge on any atom is 0.221 e. The molecule has 0 aliphatic rings. The van der Waals surface area contributed by atoms with Gasteiger partial charge in [-0.2, -0.15) is 5.26 Å². The van der Waals surface area contributed by atoms with Crippen LogP contribution in [-0.4, -0.2) is 19.0 Å². The van der Waals surface area contributed by atoms with E-state index in [1.165, 1.54) is 0 Å². The Bertz CT molecular complexity index is 454. The highest BCUT2D eigenvalue weighted by molar-refractivity contribution is 6.31. The van der Waals surface area contributed by atoms with Crippen molar-refractivity contribution >= 4 is 17.5 Å². The van der Waals surface area contributed by atoms with Gasteiger partial charge < -0.3 is 10.6 Å². The minimum atomic E-state index is 0.0379. The first-order valence-electron chi connectivity index (χ1n) is 5.83. The normalized spacial score (nSPS) is 9.83. The summed E-state index contributed by atoms with van der Waals surface area (Å²) >= 11 is 6.03. The smallest absolute Gasteiger partial charge is 0.221 e. The quantitative estimate of drug-likeness (QED) is 0.772. The van der Waals surface area contributed by atoms with E-state index in [4.69, 9.17) is 16.9 Å². The average Bonchev–Trinajstić information content (AvgIpc) is 2.36. The molecule has 0 aliphatic heterocycles. The van der Waals surface area contributed by atoms with Crippen LogP contribution in [0.5, 0.6) is 0 Å². The molecule has 0 unspecified atom stereocenters. The summed E-state index contributed by atoms with van der Waals surface area (Å²) in [6.07, 6.45) is 0.446. The number of benzene rings is 1. The summed E-state index contributed by atoms with van der Waals surface area (Å²) in [5, 5.41) is 15.1. The second-order valence-electron chi connectivity index (χ2n) is 3.80. The zero-order valence-electron chi connectivity index (χ0n) is 10.3. The summed E-state index contributed by atoms with van der Waals surface area (Å²) in [4.78, 5) is 11.2. The summed E-state index contributed by atoms with van der Waals surface area (Å²) in [5.74, 6) is 0.0379. The molecule has 1 aromatic carbocycles. The van der Waals surface area contributed by atoms with Gasteiger partial charge in [0, 0.05) is 31.1 Å². The second-order valence-corrected chi connectivity index (χ2v) is 4.21. The van der Waals surface area contributed by atoms with Crippen LogP contribution in [0.2, 0.25) is 5.02 Å². The van der Waals surface area contributed by atoms with E-state index in [0.717, 1.165) is 5.56 Å². The van der Waals surface area contributed by atoms with Gasteiger partial charge in [0.15, 0.2) is 0 Å². The van der Waals surface area contributed by atoms with E-state index in [1.54, 1.807) is 12.1 Å². The minimum absolute atomic E-state index is 0.0379. The molecule has 0 aromatic heterocycles. The van der Waals surface area contributed by atoms with Crippen LogP contribution in [0.1, 0.15) is 24.5 Å². The molecular formula is C13H16ClN3O. The number of carbonyl (C=O) groups excluding carboxylic acids is 1. The number of halogens is 1. The molecule has 18 heavy (non-hydrogen) atoms. The van der Waals surface area contributed by atoms with Crippen LogP contribution in [0.4, 0.5) is 0 Å². The van der Waals surface area contributed by atoms with Crippen molar-refractivity contribution in [1.29, 1.82) is 5.26 Å². The lowest BCUT2D eigenvalue weighted by Gasteiger charge is -2.07. The first kappa shape index (κ1) is 14.5. The van der Waals surface area contributed by atoms with Gasteiger partial charge in [0.05, 0.1) is 11.6 Å². The van der Waals surface area contributed by atoms with E-state index in [0.29, 0.717) is 36.6 Å². The van der Waals surface area contributed by atoms with Crippen molar-refractivity contribution in [2.45, 2.75) is 19.9 Å². The van der Waals surface area contributed by atoms with E-state index >= 15 is 0 Å². The maximum atomic E-state index is 11.2. The topological polar surface area (TPSA) is 64.9 Å². The molecule has 4 nitrogen and oxygen atoms in total. The van der Waals surface area contributed by atoms with Gasteiger partial charge >= 0.3 is 0 Å². The van der Waals surface area contributed by atoms with Crippen LogP contribution >= 0.6 is 11.6 Å². The number of nitriles is 1. The van der Waals surface area contributed by atoms with E-state index < -0.39 is 0 Å². The van der Waals surface area contributed by atoms with Crippen molar-refractivity contribution < 1.29 is 4.79 Å². The number of amides is 1. The van der Waals surface area contributed by atoms with Gasteiger partial charge in [-0.15, -0.1) is 0 Å². The zero-order valence-corrected chi connectivity index (χ0v) is 11.0. The molecule has 0 saturated heterocycles. The Morgan fingerprint density at radius 2 is 2.28 bits per heavy atom. The predicted octanol–water partition coefficient (Wildman–Crippen LogP) is 1.83. The molecule has 5 heteroatoms. The van der Waals surface area contributed by atoms with Crippen LogP contribution in [0.3, 0.4) is 0 Å². The SMILES string of the molecule is CCNC(=O)CCNCc1ccc(C#N)cc1Cl. The Hall–Kier alpha value is -1.57. The third-order valence-electron chi connectivity index (χ3n) is 2.40. The molecule has 0 fully saturated rings. The zero-order chi connectivity index (χ0) is 13.4. The van der Waals surface area contributed by atoms with Crippen LogP contribution in [-0.2, 0) is 11.3 Å². The first-order chi connectivity index (χ1) is 8.67. The number of carbonyl (C=O) groups is 1. The lowest BCUT2D eigenvalue weighted by molar-refractivity contribution is -0.120. The fourth-order valence-electron chi connectivity index (χ4n) is 1.47. The molecule has 0 saturated carbocycles. The summed E-state index contributed by atoms with van der Waals surface area (Å²) in [7, 11) is 0. The summed E-state index contributed by atoms with van der Waals surface area (Å²) in [6.45, 7) is 3.73. The third kappa shape index (κ3) is 4.74. The Labute approximate surface area is 112 Å². The second kappa shape index (κ2) is 7.70. The molecular weight excluding hydrogens is 250 g/mol. The Morgan fingerprint density at radius 3 is 2.89 bits per heavy atom. The largest absolute Gasteiger partial charge is 0.356 e. The molecule has 2 N–H and O–H groups in total. The summed E-state index contributed by atoms with van der Waals surface area (Å²) < 4.78 is 0. The van der Waals surface area contributed by atoms with Gasteiger partial charge in [0.25, 0.3) is 0 Å². The van der Waals surface area contributed by atoms with Gasteiger partial charge in [-0.3, -0.25) is 4.79 Å². The molecule has 0 atom stereocenters. The fourth-order valence-corrected chi connectivity index (χ4v) is 1.72. The van der Waals surface area contributed by atoms with E-state index in [1.807, 2.05) is 19.1 Å². The molecule has 0 heterocycles. The van der Waals surface area contributed by atoms with Gasteiger partial charge in [0.1, 0.15) is 0 Å². The van der Waals surface area contributed by atoms with Crippen molar-refractivity contribution in [3.63, 3.8) is 0 Å². The number of rotatable bonds is 6. The summed E-state index contributed by atoms with van der Waals surface area (Å²) in [5.41, 5.74) is 1.47. The number of hydrogen-bond donors (Lipinski definition) is 2. The summed E-state index contributed by atoms with van der Waals surface area (Å²) in [6, 6.07) is 7.22. The van der Waals surface area contributed by atoms with Gasteiger partial charge in [-0.25, -0.2) is 0 Å². The number of hydrogen-bond acceptors (Lipinski definition) is 3. The predicted molar refractivity (Wildman–Crippen MR) is 71.2 cm³/mol. The van der Waals surface area contributed by atoms with Crippen molar-refractivity contribution in [3.05, 3.63) is 34.3 Å². The third-order valence-corrected chi connectivity index (χ3v) is 2.75.